The summed E-state index contributed by atoms with van der Waals surface area (Å²) < 4.78 is 13.5. The largest absolute Gasteiger partial charge is 0.508 e. The lowest BCUT2D eigenvalue weighted by Gasteiger charge is -2.28. The summed E-state index contributed by atoms with van der Waals surface area (Å²) in [7, 11) is 2.37. The summed E-state index contributed by atoms with van der Waals surface area (Å²) in [5, 5.41) is 13.1. The van der Waals surface area contributed by atoms with E-state index in [1.807, 2.05) is 13.8 Å². The number of aromatic hydroxyl groups is 1. The molecule has 1 aromatic rings. The van der Waals surface area contributed by atoms with Gasteiger partial charge in [0.15, 0.2) is 0 Å². The van der Waals surface area contributed by atoms with Crippen molar-refractivity contribution in [2.75, 3.05) is 14.1 Å². The summed E-state index contributed by atoms with van der Waals surface area (Å²) in [6.45, 7) is 3.91. The van der Waals surface area contributed by atoms with Crippen molar-refractivity contribution in [3.05, 3.63) is 29.8 Å². The van der Waals surface area contributed by atoms with E-state index in [1.165, 1.54) is 19.2 Å². The molecule has 0 fully saturated rings. The number of hydrogen-bond donors (Lipinski definition) is 3. The van der Waals surface area contributed by atoms with Gasteiger partial charge >= 0.3 is 5.97 Å². The molecule has 0 radical (unpaired) electrons. The van der Waals surface area contributed by atoms with Crippen LogP contribution in [0.5, 0.6) is 5.75 Å². The fourth-order valence-corrected chi connectivity index (χ4v) is 3.23. The number of amides is 2. The average Bonchev–Trinajstić information content (AvgIpc) is 2.78. The van der Waals surface area contributed by atoms with Crippen LogP contribution >= 0.6 is 0 Å². The van der Waals surface area contributed by atoms with Crippen LogP contribution < -0.4 is 11.1 Å². The Bertz CT molecular complexity index is 760. The van der Waals surface area contributed by atoms with Gasteiger partial charge < -0.3 is 21.0 Å². The number of rotatable bonds is 14. The molecule has 0 saturated heterocycles. The first-order valence-corrected chi connectivity index (χ1v) is 11.3. The number of phenols is 1. The monoisotopic (exact) mass is 468 g/mol. The number of halogens is 1. The molecule has 0 spiro atoms. The number of unbranched alkanes of at least 4 members (excludes halogenated alkanes) is 2. The minimum atomic E-state index is -1.10. The molecular formula is C23H37FN4O5. The van der Waals surface area contributed by atoms with Gasteiger partial charge in [-0.3, -0.25) is 9.59 Å². The van der Waals surface area contributed by atoms with Crippen molar-refractivity contribution in [1.82, 2.24) is 15.5 Å². The Morgan fingerprint density at radius 2 is 1.67 bits per heavy atom. The molecule has 0 aromatic heterocycles. The van der Waals surface area contributed by atoms with Crippen LogP contribution in [-0.4, -0.2) is 65.3 Å². The molecule has 4 N–H and O–H groups in total. The van der Waals surface area contributed by atoms with Crippen LogP contribution in [0, 0.1) is 0 Å². The summed E-state index contributed by atoms with van der Waals surface area (Å²) in [4.78, 5) is 43.2. The highest BCUT2D eigenvalue weighted by Crippen LogP contribution is 2.15. The number of benzene rings is 1. The van der Waals surface area contributed by atoms with Crippen LogP contribution in [-0.2, 0) is 25.6 Å². The third-order valence-corrected chi connectivity index (χ3v) is 5.28. The van der Waals surface area contributed by atoms with Crippen LogP contribution in [0.25, 0.3) is 0 Å². The molecule has 33 heavy (non-hydrogen) atoms. The van der Waals surface area contributed by atoms with E-state index in [2.05, 4.69) is 5.32 Å². The van der Waals surface area contributed by atoms with Gasteiger partial charge in [0.05, 0.1) is 6.04 Å². The van der Waals surface area contributed by atoms with E-state index in [1.54, 1.807) is 12.1 Å². The fraction of sp³-hybridized carbons (Fsp3) is 0.609. The van der Waals surface area contributed by atoms with E-state index in [0.717, 1.165) is 31.4 Å². The maximum absolute atomic E-state index is 13.5. The third kappa shape index (κ3) is 9.75. The van der Waals surface area contributed by atoms with Crippen molar-refractivity contribution < 1.29 is 28.8 Å². The van der Waals surface area contributed by atoms with Crippen LogP contribution in [0.2, 0.25) is 0 Å². The lowest BCUT2D eigenvalue weighted by molar-refractivity contribution is -0.203. The van der Waals surface area contributed by atoms with Crippen molar-refractivity contribution in [3.63, 3.8) is 0 Å². The predicted molar refractivity (Wildman–Crippen MR) is 122 cm³/mol. The van der Waals surface area contributed by atoms with Crippen molar-refractivity contribution in [2.24, 2.45) is 5.73 Å². The van der Waals surface area contributed by atoms with E-state index in [0.29, 0.717) is 24.8 Å². The Morgan fingerprint density at radius 1 is 1.09 bits per heavy atom. The van der Waals surface area contributed by atoms with E-state index in [4.69, 9.17) is 10.6 Å². The number of likely N-dealkylation sites (N-methyl/N-ethyl adjacent to an activating group) is 2. The molecule has 0 aliphatic carbocycles. The van der Waals surface area contributed by atoms with E-state index in [-0.39, 0.29) is 17.3 Å². The van der Waals surface area contributed by atoms with Crippen LogP contribution in [0.3, 0.4) is 0 Å². The number of nitrogens with one attached hydrogen (secondary N) is 1. The van der Waals surface area contributed by atoms with Gasteiger partial charge in [0, 0.05) is 20.5 Å². The standard InChI is InChI=1S/C23H37FN4O5/c1-5-7-9-18(25)21(30)26-19(15-16-11-13-17(29)14-12-16)23(32)33-28(4)20(10-8-6-2)22(31)27(3)24/h11-14,18-20,29H,5-10,15,25H2,1-4H3,(H,26,30)/t18-,19-,20-/m0/s1. The molecule has 2 amide bonds. The molecule has 10 heteroatoms. The summed E-state index contributed by atoms with van der Waals surface area (Å²) >= 11 is 0. The van der Waals surface area contributed by atoms with Gasteiger partial charge in [-0.2, -0.15) is 5.12 Å². The summed E-state index contributed by atoms with van der Waals surface area (Å²) in [5.41, 5.74) is 6.61. The van der Waals surface area contributed by atoms with Gasteiger partial charge in [0.1, 0.15) is 17.8 Å². The molecule has 1 rings (SSSR count). The smallest absolute Gasteiger partial charge is 0.347 e. The van der Waals surface area contributed by atoms with Crippen LogP contribution in [0.4, 0.5) is 4.48 Å². The predicted octanol–water partition coefficient (Wildman–Crippen LogP) is 2.23. The Balaban J connectivity index is 3.01. The highest BCUT2D eigenvalue weighted by molar-refractivity contribution is 5.87. The maximum Gasteiger partial charge on any atom is 0.347 e. The first-order valence-electron chi connectivity index (χ1n) is 11.3. The van der Waals surface area contributed by atoms with Gasteiger partial charge in [-0.25, -0.2) is 4.79 Å². The number of phenolic OH excluding ortho intramolecular Hbond substituents is 1. The minimum absolute atomic E-state index is 0.0346. The van der Waals surface area contributed by atoms with Gasteiger partial charge in [-0.05, 0) is 30.5 Å². The van der Waals surface area contributed by atoms with Crippen molar-refractivity contribution >= 4 is 17.8 Å². The second-order valence-electron chi connectivity index (χ2n) is 8.11. The topological polar surface area (TPSA) is 125 Å². The zero-order chi connectivity index (χ0) is 25.0. The highest BCUT2D eigenvalue weighted by Gasteiger charge is 2.32. The van der Waals surface area contributed by atoms with Gasteiger partial charge in [0.25, 0.3) is 5.91 Å². The van der Waals surface area contributed by atoms with Gasteiger partial charge in [-0.15, -0.1) is 5.06 Å². The second kappa shape index (κ2) is 14.4. The van der Waals surface area contributed by atoms with Crippen molar-refractivity contribution in [3.8, 4) is 5.75 Å². The Kier molecular flexibility index (Phi) is 12.4. The molecule has 3 atom stereocenters. The molecule has 0 unspecified atom stereocenters. The molecule has 0 heterocycles. The van der Waals surface area contributed by atoms with Crippen LogP contribution in [0.15, 0.2) is 24.3 Å². The number of carbonyl (C=O) groups is 3. The average molecular weight is 469 g/mol. The number of carbonyl (C=O) groups excluding carboxylic acids is 3. The quantitative estimate of drug-likeness (QED) is 0.282. The lowest BCUT2D eigenvalue weighted by Crippen LogP contribution is -2.52. The minimum Gasteiger partial charge on any atom is -0.508 e. The fourth-order valence-electron chi connectivity index (χ4n) is 3.23. The third-order valence-electron chi connectivity index (χ3n) is 5.28. The first-order chi connectivity index (χ1) is 15.6. The number of nitrogens with two attached hydrogens (primary N) is 1. The summed E-state index contributed by atoms with van der Waals surface area (Å²) in [6, 6.07) is 3.30. The maximum atomic E-state index is 13.5. The summed E-state index contributed by atoms with van der Waals surface area (Å²) in [5.74, 6) is -2.07. The highest BCUT2D eigenvalue weighted by atomic mass is 19.2. The number of hydroxylamine groups is 2. The van der Waals surface area contributed by atoms with Gasteiger partial charge in [0.2, 0.25) is 5.91 Å². The first kappa shape index (κ1) is 28.3. The van der Waals surface area contributed by atoms with Crippen molar-refractivity contribution in [2.45, 2.75) is 76.9 Å². The Labute approximate surface area is 194 Å². The van der Waals surface area contributed by atoms with E-state index in [9.17, 15) is 24.0 Å². The Hall–Kier alpha value is -2.72. The van der Waals surface area contributed by atoms with E-state index < -0.39 is 35.9 Å². The molecule has 9 nitrogen and oxygen atoms in total. The molecule has 186 valence electrons. The molecule has 0 aliphatic rings. The van der Waals surface area contributed by atoms with Crippen LogP contribution in [0.1, 0.15) is 57.9 Å². The zero-order valence-corrected chi connectivity index (χ0v) is 19.9. The number of nitrogens with zero attached hydrogens (tertiary/aromatic N) is 2. The molecular weight excluding hydrogens is 431 g/mol. The van der Waals surface area contributed by atoms with Gasteiger partial charge in [-0.1, -0.05) is 56.1 Å². The lowest BCUT2D eigenvalue weighted by atomic mass is 10.0. The van der Waals surface area contributed by atoms with Crippen molar-refractivity contribution in [1.29, 1.82) is 0 Å². The SMILES string of the molecule is CCCC[C@H](N)C(=O)N[C@@H](Cc1ccc(O)cc1)C(=O)ON(C)[C@@H](CCCC)C(=O)N(C)F. The molecule has 1 aromatic carbocycles. The second-order valence-corrected chi connectivity index (χ2v) is 8.11. The molecule has 0 saturated carbocycles. The van der Waals surface area contributed by atoms with E-state index >= 15 is 0 Å². The zero-order valence-electron chi connectivity index (χ0n) is 19.9. The molecule has 0 bridgehead atoms. The Morgan fingerprint density at radius 3 is 2.21 bits per heavy atom. The normalized spacial score (nSPS) is 13.8. The summed E-state index contributed by atoms with van der Waals surface area (Å²) in [6.07, 6.45) is 3.89. The number of hydrogen-bond acceptors (Lipinski definition) is 7. The molecule has 0 aliphatic heterocycles.